The molecule has 2 aliphatic heterocycles. The van der Waals surface area contributed by atoms with Crippen LogP contribution in [0, 0.1) is 5.92 Å². The fourth-order valence-corrected chi connectivity index (χ4v) is 4.31. The molecule has 1 N–H and O–H groups in total. The summed E-state index contributed by atoms with van der Waals surface area (Å²) in [5, 5.41) is 3.45. The fourth-order valence-electron chi connectivity index (χ4n) is 4.12. The van der Waals surface area contributed by atoms with E-state index < -0.39 is 11.7 Å². The van der Waals surface area contributed by atoms with Crippen LogP contribution in [0.1, 0.15) is 32.5 Å². The van der Waals surface area contributed by atoms with Gasteiger partial charge in [0.05, 0.1) is 6.54 Å². The molecule has 2 amide bonds. The lowest BCUT2D eigenvalue weighted by atomic mass is 9.88. The SMILES string of the molecule is CC(C)C(=O)N1CCC2(CC1)O[C@H](C(=O)Nc1cccc(Cl)c1)Cn1ccnc12. The number of fused-ring (bicyclic) bond motifs is 2. The van der Waals surface area contributed by atoms with Gasteiger partial charge in [-0.3, -0.25) is 9.59 Å². The number of nitrogens with zero attached hydrogens (tertiary/aromatic N) is 3. The van der Waals surface area contributed by atoms with Crippen molar-refractivity contribution in [3.05, 3.63) is 47.5 Å². The van der Waals surface area contributed by atoms with Crippen LogP contribution in [0.4, 0.5) is 5.69 Å². The molecular formula is C21H25ClN4O3. The molecule has 154 valence electrons. The number of benzene rings is 1. The van der Waals surface area contributed by atoms with E-state index in [0.29, 0.717) is 43.2 Å². The average molecular weight is 417 g/mol. The smallest absolute Gasteiger partial charge is 0.255 e. The van der Waals surface area contributed by atoms with Crippen LogP contribution < -0.4 is 5.32 Å². The second kappa shape index (κ2) is 7.80. The number of amides is 2. The Bertz CT molecular complexity index is 918. The van der Waals surface area contributed by atoms with E-state index in [4.69, 9.17) is 16.3 Å². The van der Waals surface area contributed by atoms with E-state index in [1.807, 2.05) is 29.5 Å². The van der Waals surface area contributed by atoms with Gasteiger partial charge >= 0.3 is 0 Å². The van der Waals surface area contributed by atoms with Crippen LogP contribution in [0.3, 0.4) is 0 Å². The van der Waals surface area contributed by atoms with Gasteiger partial charge in [-0.2, -0.15) is 0 Å². The number of hydrogen-bond acceptors (Lipinski definition) is 4. The van der Waals surface area contributed by atoms with Gasteiger partial charge in [-0.1, -0.05) is 31.5 Å². The predicted octanol–water partition coefficient (Wildman–Crippen LogP) is 3.05. The van der Waals surface area contributed by atoms with Gasteiger partial charge in [-0.05, 0) is 18.2 Å². The highest BCUT2D eigenvalue weighted by molar-refractivity contribution is 6.30. The summed E-state index contributed by atoms with van der Waals surface area (Å²) in [6.07, 6.45) is 4.20. The van der Waals surface area contributed by atoms with Gasteiger partial charge in [0.15, 0.2) is 6.10 Å². The van der Waals surface area contributed by atoms with E-state index in [-0.39, 0.29) is 17.7 Å². The molecule has 1 aromatic heterocycles. The molecule has 2 aliphatic rings. The van der Waals surface area contributed by atoms with Crippen LogP contribution in [0.25, 0.3) is 0 Å². The van der Waals surface area contributed by atoms with Crippen molar-refractivity contribution in [1.82, 2.24) is 14.5 Å². The van der Waals surface area contributed by atoms with Gasteiger partial charge < -0.3 is 19.5 Å². The maximum Gasteiger partial charge on any atom is 0.255 e. The highest BCUT2D eigenvalue weighted by atomic mass is 35.5. The van der Waals surface area contributed by atoms with Crippen LogP contribution >= 0.6 is 11.6 Å². The Morgan fingerprint density at radius 1 is 1.31 bits per heavy atom. The van der Waals surface area contributed by atoms with Crippen molar-refractivity contribution in [3.63, 3.8) is 0 Å². The number of piperidine rings is 1. The number of likely N-dealkylation sites (tertiary alicyclic amines) is 1. The molecule has 4 rings (SSSR count). The number of anilines is 1. The number of nitrogens with one attached hydrogen (secondary N) is 1. The average Bonchev–Trinajstić information content (AvgIpc) is 3.18. The maximum absolute atomic E-state index is 12.9. The molecule has 1 saturated heterocycles. The van der Waals surface area contributed by atoms with E-state index >= 15 is 0 Å². The molecule has 0 saturated carbocycles. The van der Waals surface area contributed by atoms with E-state index in [2.05, 4.69) is 10.3 Å². The lowest BCUT2D eigenvalue weighted by molar-refractivity contribution is -0.173. The van der Waals surface area contributed by atoms with Crippen molar-refractivity contribution >= 4 is 29.1 Å². The van der Waals surface area contributed by atoms with Crippen molar-refractivity contribution in [2.24, 2.45) is 5.92 Å². The molecule has 7 nitrogen and oxygen atoms in total. The Kier molecular flexibility index (Phi) is 5.36. The third-order valence-corrected chi connectivity index (χ3v) is 5.85. The zero-order chi connectivity index (χ0) is 20.6. The maximum atomic E-state index is 12.9. The summed E-state index contributed by atoms with van der Waals surface area (Å²) in [5.41, 5.74) is -0.0276. The number of carbonyl (C=O) groups excluding carboxylic acids is 2. The minimum atomic E-state index is -0.661. The summed E-state index contributed by atoms with van der Waals surface area (Å²) < 4.78 is 8.38. The topological polar surface area (TPSA) is 76.5 Å². The summed E-state index contributed by atoms with van der Waals surface area (Å²) in [6.45, 7) is 5.40. The summed E-state index contributed by atoms with van der Waals surface area (Å²) in [7, 11) is 0. The van der Waals surface area contributed by atoms with E-state index in [9.17, 15) is 9.59 Å². The Morgan fingerprint density at radius 2 is 2.07 bits per heavy atom. The summed E-state index contributed by atoms with van der Waals surface area (Å²) >= 11 is 6.02. The van der Waals surface area contributed by atoms with Crippen LogP contribution in [0.15, 0.2) is 36.7 Å². The van der Waals surface area contributed by atoms with Gasteiger partial charge in [0.25, 0.3) is 5.91 Å². The Balaban J connectivity index is 1.52. The molecular weight excluding hydrogens is 392 g/mol. The molecule has 1 fully saturated rings. The monoisotopic (exact) mass is 416 g/mol. The summed E-state index contributed by atoms with van der Waals surface area (Å²) in [4.78, 5) is 31.7. The zero-order valence-corrected chi connectivity index (χ0v) is 17.4. The van der Waals surface area contributed by atoms with Gasteiger partial charge in [-0.25, -0.2) is 4.98 Å². The van der Waals surface area contributed by atoms with Crippen molar-refractivity contribution in [2.45, 2.75) is 44.9 Å². The van der Waals surface area contributed by atoms with E-state index in [0.717, 1.165) is 5.82 Å². The minimum absolute atomic E-state index is 0.0328. The number of halogens is 1. The molecule has 1 aromatic carbocycles. The first kappa shape index (κ1) is 19.9. The normalized spacial score (nSPS) is 20.6. The predicted molar refractivity (Wildman–Crippen MR) is 110 cm³/mol. The van der Waals surface area contributed by atoms with E-state index in [1.165, 1.54) is 0 Å². The molecule has 1 spiro atoms. The Labute approximate surface area is 175 Å². The highest BCUT2D eigenvalue weighted by Gasteiger charge is 2.47. The van der Waals surface area contributed by atoms with Crippen molar-refractivity contribution in [1.29, 1.82) is 0 Å². The molecule has 0 aliphatic carbocycles. The summed E-state index contributed by atoms with van der Waals surface area (Å²) in [6, 6.07) is 7.04. The molecule has 0 bridgehead atoms. The summed E-state index contributed by atoms with van der Waals surface area (Å²) in [5.74, 6) is 0.733. The number of hydrogen-bond donors (Lipinski definition) is 1. The van der Waals surface area contributed by atoms with Gasteiger partial charge in [0.1, 0.15) is 11.4 Å². The molecule has 1 atom stereocenters. The first-order chi connectivity index (χ1) is 13.9. The number of ether oxygens (including phenoxy) is 1. The number of aromatic nitrogens is 2. The molecule has 0 radical (unpaired) electrons. The molecule has 8 heteroatoms. The van der Waals surface area contributed by atoms with E-state index in [1.54, 1.807) is 30.5 Å². The molecule has 2 aromatic rings. The van der Waals surface area contributed by atoms with Crippen molar-refractivity contribution < 1.29 is 14.3 Å². The largest absolute Gasteiger partial charge is 0.352 e. The third kappa shape index (κ3) is 3.89. The Morgan fingerprint density at radius 3 is 2.76 bits per heavy atom. The fraction of sp³-hybridized carbons (Fsp3) is 0.476. The lowest BCUT2D eigenvalue weighted by Crippen LogP contribution is -2.54. The van der Waals surface area contributed by atoms with Crippen LogP contribution in [-0.4, -0.2) is 45.5 Å². The first-order valence-electron chi connectivity index (χ1n) is 9.93. The van der Waals surface area contributed by atoms with Crippen molar-refractivity contribution in [3.8, 4) is 0 Å². The van der Waals surface area contributed by atoms with Crippen LogP contribution in [-0.2, 0) is 26.5 Å². The number of imidazole rings is 1. The Hall–Kier alpha value is -2.38. The minimum Gasteiger partial charge on any atom is -0.352 e. The standard InChI is InChI=1S/C21H25ClN4O3/c1-14(2)19(28)25-9-6-21(7-10-25)20-23-8-11-26(20)13-17(29-21)18(27)24-16-5-3-4-15(22)12-16/h3-5,8,11-12,14,17H,6-7,9-10,13H2,1-2H3,(H,24,27)/t17-/m0/s1. The van der Waals surface area contributed by atoms with Crippen LogP contribution in [0.5, 0.6) is 0 Å². The molecule has 0 unspecified atom stereocenters. The molecule has 29 heavy (non-hydrogen) atoms. The zero-order valence-electron chi connectivity index (χ0n) is 16.6. The van der Waals surface area contributed by atoms with Gasteiger partial charge in [0.2, 0.25) is 5.91 Å². The van der Waals surface area contributed by atoms with Gasteiger partial charge in [-0.15, -0.1) is 0 Å². The van der Waals surface area contributed by atoms with Crippen LogP contribution in [0.2, 0.25) is 5.02 Å². The quantitative estimate of drug-likeness (QED) is 0.834. The molecule has 3 heterocycles. The number of rotatable bonds is 3. The van der Waals surface area contributed by atoms with Crippen molar-refractivity contribution in [2.75, 3.05) is 18.4 Å². The highest BCUT2D eigenvalue weighted by Crippen LogP contribution is 2.40. The number of carbonyl (C=O) groups is 2. The first-order valence-corrected chi connectivity index (χ1v) is 10.3. The third-order valence-electron chi connectivity index (χ3n) is 5.61. The van der Waals surface area contributed by atoms with Gasteiger partial charge in [0, 0.05) is 55.0 Å². The second-order valence-corrected chi connectivity index (χ2v) is 8.42. The second-order valence-electron chi connectivity index (χ2n) is 7.98. The lowest BCUT2D eigenvalue weighted by Gasteiger charge is -2.45.